The largest absolute Gasteiger partial charge is 0.0619 e. The van der Waals surface area contributed by atoms with Crippen LogP contribution in [0.2, 0.25) is 0 Å². The van der Waals surface area contributed by atoms with E-state index in [0.717, 1.165) is 5.92 Å². The van der Waals surface area contributed by atoms with Crippen LogP contribution in [0.1, 0.15) is 17.9 Å². The smallest absolute Gasteiger partial charge is 0.0121 e. The number of rotatable bonds is 1. The van der Waals surface area contributed by atoms with Gasteiger partial charge in [-0.15, -0.1) is 0 Å². The van der Waals surface area contributed by atoms with Gasteiger partial charge in [0.2, 0.25) is 0 Å². The average molecular weight is 116 g/mol. The van der Waals surface area contributed by atoms with Crippen LogP contribution in [-0.2, 0) is 0 Å². The van der Waals surface area contributed by atoms with E-state index < -0.39 is 0 Å². The average Bonchev–Trinajstić information content (AvgIpc) is 2.71. The molecule has 0 aliphatic heterocycles. The van der Waals surface area contributed by atoms with Crippen molar-refractivity contribution in [2.75, 3.05) is 0 Å². The summed E-state index contributed by atoms with van der Waals surface area (Å²) in [4.78, 5) is 0. The van der Waals surface area contributed by atoms with Crippen molar-refractivity contribution in [1.29, 1.82) is 0 Å². The molecule has 0 saturated heterocycles. The van der Waals surface area contributed by atoms with Crippen molar-refractivity contribution in [3.63, 3.8) is 0 Å². The van der Waals surface area contributed by atoms with Gasteiger partial charge in [-0.1, -0.05) is 24.3 Å². The molecule has 0 amide bonds. The lowest BCUT2D eigenvalue weighted by Gasteiger charge is -1.91. The molecule has 1 atom stereocenters. The quantitative estimate of drug-likeness (QED) is 0.527. The van der Waals surface area contributed by atoms with E-state index in [0.29, 0.717) is 0 Å². The van der Waals surface area contributed by atoms with E-state index in [2.05, 4.69) is 24.6 Å². The van der Waals surface area contributed by atoms with Crippen molar-refractivity contribution < 1.29 is 0 Å². The Hall–Kier alpha value is -0.780. The maximum atomic E-state index is 3.20. The van der Waals surface area contributed by atoms with Gasteiger partial charge in [0.05, 0.1) is 0 Å². The minimum Gasteiger partial charge on any atom is -0.0619 e. The Kier molecular flexibility index (Phi) is 1.05. The Morgan fingerprint density at radius 2 is 2.33 bits per heavy atom. The number of benzene rings is 1. The van der Waals surface area contributed by atoms with Crippen molar-refractivity contribution in [2.45, 2.75) is 12.3 Å². The highest BCUT2D eigenvalue weighted by atomic mass is 14.3. The number of hydrogen-bond donors (Lipinski definition) is 0. The Labute approximate surface area is 55.5 Å². The lowest BCUT2D eigenvalue weighted by atomic mass is 10.1. The Morgan fingerprint density at radius 1 is 1.44 bits per heavy atom. The minimum absolute atomic E-state index is 0.728. The van der Waals surface area contributed by atoms with E-state index in [1.807, 2.05) is 12.1 Å². The summed E-state index contributed by atoms with van der Waals surface area (Å²) < 4.78 is 0. The standard InChI is InChI=1S/C9H8/c1-2-4-8(5-3-1)9-6-7-9/h1-4,6,9H,7H2. The van der Waals surface area contributed by atoms with Crippen LogP contribution in [0.5, 0.6) is 0 Å². The van der Waals surface area contributed by atoms with E-state index in [1.165, 1.54) is 12.0 Å². The van der Waals surface area contributed by atoms with Gasteiger partial charge in [-0.2, -0.15) is 0 Å². The molecule has 1 saturated carbocycles. The van der Waals surface area contributed by atoms with Crippen LogP contribution < -0.4 is 0 Å². The van der Waals surface area contributed by atoms with Crippen LogP contribution in [0, 0.1) is 12.5 Å². The van der Waals surface area contributed by atoms with Crippen molar-refractivity contribution >= 4 is 0 Å². The Bertz CT molecular complexity index is 184. The fourth-order valence-corrected chi connectivity index (χ4v) is 0.960. The molecule has 1 aromatic rings. The molecule has 2 rings (SSSR count). The molecule has 0 heterocycles. The molecule has 1 aliphatic carbocycles. The highest BCUT2D eigenvalue weighted by Gasteiger charge is 2.23. The first-order chi connectivity index (χ1) is 4.47. The molecule has 44 valence electrons. The third-order valence-corrected chi connectivity index (χ3v) is 1.60. The summed E-state index contributed by atoms with van der Waals surface area (Å²) >= 11 is 0. The fraction of sp³-hybridized carbons (Fsp3) is 0.222. The summed E-state index contributed by atoms with van der Waals surface area (Å²) in [6.45, 7) is 0. The lowest BCUT2D eigenvalue weighted by molar-refractivity contribution is 1.16. The first-order valence-electron chi connectivity index (χ1n) is 3.27. The molecule has 1 aromatic carbocycles. The second-order valence-electron chi connectivity index (χ2n) is 2.40. The van der Waals surface area contributed by atoms with Crippen LogP contribution in [0.25, 0.3) is 0 Å². The normalized spacial score (nSPS) is 17.8. The van der Waals surface area contributed by atoms with E-state index in [-0.39, 0.29) is 0 Å². The van der Waals surface area contributed by atoms with Gasteiger partial charge in [0.25, 0.3) is 0 Å². The van der Waals surface area contributed by atoms with E-state index >= 15 is 0 Å². The van der Waals surface area contributed by atoms with Crippen molar-refractivity contribution in [3.05, 3.63) is 42.3 Å². The Morgan fingerprint density at radius 3 is 2.89 bits per heavy atom. The van der Waals surface area contributed by atoms with Gasteiger partial charge in [-0.25, -0.2) is 0 Å². The second-order valence-corrected chi connectivity index (χ2v) is 2.40. The van der Waals surface area contributed by atoms with Gasteiger partial charge < -0.3 is 0 Å². The van der Waals surface area contributed by atoms with E-state index in [4.69, 9.17) is 0 Å². The monoisotopic (exact) mass is 116 g/mol. The SMILES string of the molecule is [c]1ccccc1C1[CH]C1. The van der Waals surface area contributed by atoms with Crippen LogP contribution in [0.4, 0.5) is 0 Å². The lowest BCUT2D eigenvalue weighted by Crippen LogP contribution is -1.74. The molecular formula is C9H8. The van der Waals surface area contributed by atoms with Crippen LogP contribution in [-0.4, -0.2) is 0 Å². The molecule has 0 spiro atoms. The predicted octanol–water partition coefficient (Wildman–Crippen LogP) is 2.18. The van der Waals surface area contributed by atoms with Gasteiger partial charge in [0, 0.05) is 0 Å². The zero-order chi connectivity index (χ0) is 6.10. The summed E-state index contributed by atoms with van der Waals surface area (Å²) in [5.41, 5.74) is 1.34. The zero-order valence-corrected chi connectivity index (χ0v) is 5.17. The van der Waals surface area contributed by atoms with Crippen molar-refractivity contribution in [3.8, 4) is 0 Å². The summed E-state index contributed by atoms with van der Waals surface area (Å²) in [7, 11) is 0. The maximum absolute atomic E-state index is 3.20. The molecule has 2 radical (unpaired) electrons. The van der Waals surface area contributed by atoms with Crippen molar-refractivity contribution in [1.82, 2.24) is 0 Å². The molecule has 1 fully saturated rings. The summed E-state index contributed by atoms with van der Waals surface area (Å²) in [6, 6.07) is 11.4. The van der Waals surface area contributed by atoms with E-state index in [1.54, 1.807) is 0 Å². The van der Waals surface area contributed by atoms with Crippen LogP contribution in [0.3, 0.4) is 0 Å². The topological polar surface area (TPSA) is 0 Å². The molecular weight excluding hydrogens is 108 g/mol. The molecule has 0 heteroatoms. The summed E-state index contributed by atoms with van der Waals surface area (Å²) in [6.07, 6.45) is 3.55. The predicted molar refractivity (Wildman–Crippen MR) is 36.9 cm³/mol. The summed E-state index contributed by atoms with van der Waals surface area (Å²) in [5.74, 6) is 0.728. The molecule has 1 unspecified atom stereocenters. The number of hydrogen-bond acceptors (Lipinski definition) is 0. The Balaban J connectivity index is 2.29. The van der Waals surface area contributed by atoms with Crippen molar-refractivity contribution in [2.24, 2.45) is 0 Å². The van der Waals surface area contributed by atoms with Crippen LogP contribution >= 0.6 is 0 Å². The first kappa shape index (κ1) is 5.04. The first-order valence-corrected chi connectivity index (χ1v) is 3.27. The van der Waals surface area contributed by atoms with Crippen LogP contribution in [0.15, 0.2) is 24.3 Å². The highest BCUT2D eigenvalue weighted by Crippen LogP contribution is 2.37. The minimum atomic E-state index is 0.728. The molecule has 0 bridgehead atoms. The fourth-order valence-electron chi connectivity index (χ4n) is 0.960. The molecule has 0 aromatic heterocycles. The van der Waals surface area contributed by atoms with Gasteiger partial charge in [-0.3, -0.25) is 0 Å². The van der Waals surface area contributed by atoms with Gasteiger partial charge in [-0.05, 0) is 30.4 Å². The highest BCUT2D eigenvalue weighted by molar-refractivity contribution is 5.27. The third kappa shape index (κ3) is 0.973. The van der Waals surface area contributed by atoms with E-state index in [9.17, 15) is 0 Å². The molecule has 0 N–H and O–H groups in total. The molecule has 1 aliphatic rings. The third-order valence-electron chi connectivity index (χ3n) is 1.60. The summed E-state index contributed by atoms with van der Waals surface area (Å²) in [5, 5.41) is 0. The van der Waals surface area contributed by atoms with Gasteiger partial charge in [0.15, 0.2) is 0 Å². The van der Waals surface area contributed by atoms with Gasteiger partial charge in [0.1, 0.15) is 0 Å². The second kappa shape index (κ2) is 1.87. The molecule has 0 nitrogen and oxygen atoms in total. The zero-order valence-electron chi connectivity index (χ0n) is 5.17. The van der Waals surface area contributed by atoms with Gasteiger partial charge >= 0.3 is 0 Å². The maximum Gasteiger partial charge on any atom is -0.0121 e. The molecule has 9 heavy (non-hydrogen) atoms.